The van der Waals surface area contributed by atoms with Crippen molar-refractivity contribution in [2.75, 3.05) is 6.54 Å². The molecule has 0 atom stereocenters. The smallest absolute Gasteiger partial charge is 0.220 e. The minimum Gasteiger partial charge on any atom is -0.356 e. The zero-order valence-corrected chi connectivity index (χ0v) is 13.1. The van der Waals surface area contributed by atoms with E-state index in [0.29, 0.717) is 18.9 Å². The SMILES string of the molecule is CC(C)CNC(=O)CCC(=O)c1ccc2c(c1)CCCC2. The van der Waals surface area contributed by atoms with Crippen LogP contribution in [0.25, 0.3) is 0 Å². The number of ketones is 1. The first-order chi connectivity index (χ1) is 10.1. The van der Waals surface area contributed by atoms with Gasteiger partial charge in [0.15, 0.2) is 5.78 Å². The van der Waals surface area contributed by atoms with Crippen LogP contribution in [0.4, 0.5) is 0 Å². The molecule has 0 heterocycles. The molecule has 114 valence electrons. The fraction of sp³-hybridized carbons (Fsp3) is 0.556. The number of benzene rings is 1. The second-order valence-corrected chi connectivity index (χ2v) is 6.31. The van der Waals surface area contributed by atoms with Crippen molar-refractivity contribution in [3.63, 3.8) is 0 Å². The zero-order valence-electron chi connectivity index (χ0n) is 13.1. The van der Waals surface area contributed by atoms with Crippen LogP contribution in [0.1, 0.15) is 61.0 Å². The van der Waals surface area contributed by atoms with Gasteiger partial charge in [0, 0.05) is 24.9 Å². The first-order valence-corrected chi connectivity index (χ1v) is 7.98. The molecule has 0 saturated carbocycles. The summed E-state index contributed by atoms with van der Waals surface area (Å²) in [4.78, 5) is 23.8. The van der Waals surface area contributed by atoms with Crippen molar-refractivity contribution < 1.29 is 9.59 Å². The molecule has 1 aliphatic rings. The van der Waals surface area contributed by atoms with Crippen molar-refractivity contribution in [1.82, 2.24) is 5.32 Å². The van der Waals surface area contributed by atoms with Gasteiger partial charge < -0.3 is 5.32 Å². The summed E-state index contributed by atoms with van der Waals surface area (Å²) in [5.41, 5.74) is 3.45. The Labute approximate surface area is 127 Å². The Morgan fingerprint density at radius 1 is 1.10 bits per heavy atom. The van der Waals surface area contributed by atoms with Crippen molar-refractivity contribution >= 4 is 11.7 Å². The van der Waals surface area contributed by atoms with Crippen LogP contribution in [-0.2, 0) is 17.6 Å². The van der Waals surface area contributed by atoms with Crippen LogP contribution in [0, 0.1) is 5.92 Å². The fourth-order valence-electron chi connectivity index (χ4n) is 2.68. The molecular formula is C18H25NO2. The van der Waals surface area contributed by atoms with E-state index in [4.69, 9.17) is 0 Å². The third-order valence-corrected chi connectivity index (χ3v) is 3.96. The van der Waals surface area contributed by atoms with Gasteiger partial charge in [0.25, 0.3) is 0 Å². The van der Waals surface area contributed by atoms with E-state index >= 15 is 0 Å². The quantitative estimate of drug-likeness (QED) is 0.816. The van der Waals surface area contributed by atoms with Crippen LogP contribution in [0.2, 0.25) is 0 Å². The van der Waals surface area contributed by atoms with E-state index < -0.39 is 0 Å². The summed E-state index contributed by atoms with van der Waals surface area (Å²) in [5, 5.41) is 2.85. The average Bonchev–Trinajstić information content (AvgIpc) is 2.50. The number of hydrogen-bond acceptors (Lipinski definition) is 2. The molecule has 0 radical (unpaired) electrons. The van der Waals surface area contributed by atoms with Gasteiger partial charge in [-0.3, -0.25) is 9.59 Å². The molecule has 0 spiro atoms. The Balaban J connectivity index is 1.87. The number of carbonyl (C=O) groups excluding carboxylic acids is 2. The average molecular weight is 287 g/mol. The Bertz CT molecular complexity index is 520. The van der Waals surface area contributed by atoms with Gasteiger partial charge in [-0.25, -0.2) is 0 Å². The molecule has 3 heteroatoms. The minimum atomic E-state index is -0.0324. The lowest BCUT2D eigenvalue weighted by atomic mass is 9.89. The summed E-state index contributed by atoms with van der Waals surface area (Å²) in [6.45, 7) is 4.78. The van der Waals surface area contributed by atoms with Gasteiger partial charge in [0.1, 0.15) is 0 Å². The van der Waals surface area contributed by atoms with Crippen molar-refractivity contribution in [3.05, 3.63) is 34.9 Å². The van der Waals surface area contributed by atoms with Crippen molar-refractivity contribution in [2.45, 2.75) is 52.4 Å². The number of carbonyl (C=O) groups is 2. The van der Waals surface area contributed by atoms with E-state index in [9.17, 15) is 9.59 Å². The standard InChI is InChI=1S/C18H25NO2/c1-13(2)12-19-18(21)10-9-17(20)16-8-7-14-5-3-4-6-15(14)11-16/h7-8,11,13H,3-6,9-10,12H2,1-2H3,(H,19,21). The first-order valence-electron chi connectivity index (χ1n) is 7.98. The van der Waals surface area contributed by atoms with E-state index in [2.05, 4.69) is 25.2 Å². The molecule has 1 aliphatic carbocycles. The Hall–Kier alpha value is -1.64. The normalized spacial score (nSPS) is 13.9. The molecule has 21 heavy (non-hydrogen) atoms. The van der Waals surface area contributed by atoms with Crippen molar-refractivity contribution in [3.8, 4) is 0 Å². The number of hydrogen-bond donors (Lipinski definition) is 1. The molecule has 1 aromatic carbocycles. The third-order valence-electron chi connectivity index (χ3n) is 3.96. The Morgan fingerprint density at radius 3 is 2.52 bits per heavy atom. The van der Waals surface area contributed by atoms with Gasteiger partial charge in [0.2, 0.25) is 5.91 Å². The summed E-state index contributed by atoms with van der Waals surface area (Å²) in [6.07, 6.45) is 5.23. The first kappa shape index (κ1) is 15.7. The number of amides is 1. The molecule has 0 saturated heterocycles. The van der Waals surface area contributed by atoms with Crippen LogP contribution in [0.5, 0.6) is 0 Å². The van der Waals surface area contributed by atoms with Crippen LogP contribution in [0.15, 0.2) is 18.2 Å². The van der Waals surface area contributed by atoms with Gasteiger partial charge in [-0.05, 0) is 48.8 Å². The predicted octanol–water partition coefficient (Wildman–Crippen LogP) is 3.30. The fourth-order valence-corrected chi connectivity index (χ4v) is 2.68. The molecule has 0 aliphatic heterocycles. The summed E-state index contributed by atoms with van der Waals surface area (Å²) in [7, 11) is 0. The molecule has 0 unspecified atom stereocenters. The van der Waals surface area contributed by atoms with Gasteiger partial charge in [0.05, 0.1) is 0 Å². The molecule has 0 fully saturated rings. The summed E-state index contributed by atoms with van der Waals surface area (Å²) in [6, 6.07) is 6.03. The maximum absolute atomic E-state index is 12.2. The van der Waals surface area contributed by atoms with Crippen LogP contribution in [0.3, 0.4) is 0 Å². The molecule has 0 aromatic heterocycles. The number of Topliss-reactive ketones (excluding diaryl/α,β-unsaturated/α-hetero) is 1. The molecule has 3 nitrogen and oxygen atoms in total. The minimum absolute atomic E-state index is 0.0324. The zero-order chi connectivity index (χ0) is 15.2. The summed E-state index contributed by atoms with van der Waals surface area (Å²) in [5.74, 6) is 0.475. The van der Waals surface area contributed by atoms with Gasteiger partial charge in [-0.2, -0.15) is 0 Å². The topological polar surface area (TPSA) is 46.2 Å². The molecule has 2 rings (SSSR count). The maximum Gasteiger partial charge on any atom is 0.220 e. The highest BCUT2D eigenvalue weighted by Crippen LogP contribution is 2.22. The predicted molar refractivity (Wildman–Crippen MR) is 84.5 cm³/mol. The highest BCUT2D eigenvalue weighted by atomic mass is 16.2. The number of fused-ring (bicyclic) bond motifs is 1. The highest BCUT2D eigenvalue weighted by molar-refractivity contribution is 5.98. The monoisotopic (exact) mass is 287 g/mol. The Morgan fingerprint density at radius 2 is 1.81 bits per heavy atom. The van der Waals surface area contributed by atoms with E-state index in [1.165, 1.54) is 24.0 Å². The second kappa shape index (κ2) is 7.39. The van der Waals surface area contributed by atoms with Crippen molar-refractivity contribution in [1.29, 1.82) is 0 Å². The number of rotatable bonds is 6. The lowest BCUT2D eigenvalue weighted by Gasteiger charge is -2.16. The lowest BCUT2D eigenvalue weighted by Crippen LogP contribution is -2.27. The van der Waals surface area contributed by atoms with Gasteiger partial charge in [-0.1, -0.05) is 26.0 Å². The molecule has 1 amide bonds. The number of aryl methyl sites for hydroxylation is 2. The highest BCUT2D eigenvalue weighted by Gasteiger charge is 2.14. The van der Waals surface area contributed by atoms with Crippen LogP contribution >= 0.6 is 0 Å². The van der Waals surface area contributed by atoms with E-state index in [-0.39, 0.29) is 18.1 Å². The summed E-state index contributed by atoms with van der Waals surface area (Å²) >= 11 is 0. The van der Waals surface area contributed by atoms with Crippen molar-refractivity contribution in [2.24, 2.45) is 5.92 Å². The van der Waals surface area contributed by atoms with E-state index in [1.54, 1.807) is 0 Å². The molecule has 1 N–H and O–H groups in total. The van der Waals surface area contributed by atoms with Gasteiger partial charge >= 0.3 is 0 Å². The second-order valence-electron chi connectivity index (χ2n) is 6.31. The largest absolute Gasteiger partial charge is 0.356 e. The summed E-state index contributed by atoms with van der Waals surface area (Å²) < 4.78 is 0. The van der Waals surface area contributed by atoms with Crippen LogP contribution in [-0.4, -0.2) is 18.2 Å². The lowest BCUT2D eigenvalue weighted by molar-refractivity contribution is -0.121. The van der Waals surface area contributed by atoms with E-state index in [0.717, 1.165) is 18.4 Å². The maximum atomic E-state index is 12.2. The van der Waals surface area contributed by atoms with Crippen LogP contribution < -0.4 is 5.32 Å². The third kappa shape index (κ3) is 4.69. The molecule has 1 aromatic rings. The molecular weight excluding hydrogens is 262 g/mol. The van der Waals surface area contributed by atoms with Gasteiger partial charge in [-0.15, -0.1) is 0 Å². The molecule has 0 bridgehead atoms. The number of nitrogens with one attached hydrogen (secondary N) is 1. The van der Waals surface area contributed by atoms with E-state index in [1.807, 2.05) is 12.1 Å². The Kier molecular flexibility index (Phi) is 5.54.